The number of nitrogens with zero attached hydrogens (tertiary/aromatic N) is 2. The molecule has 5 rings (SSSR count). The van der Waals surface area contributed by atoms with Gasteiger partial charge in [-0.2, -0.15) is 0 Å². The molecular weight excluding hydrogens is 339 g/mol. The van der Waals surface area contributed by atoms with Crippen LogP contribution in [0.1, 0.15) is 17.0 Å². The molecule has 2 aromatic carbocycles. The SMILES string of the molecule is Fc1cccc2cc(C3=NCc4c(Cl)cccc4-n4cccc43)oc12. The molecule has 0 radical (unpaired) electrons. The molecule has 0 atom stereocenters. The summed E-state index contributed by atoms with van der Waals surface area (Å²) in [6, 6.07) is 16.4. The Hall–Kier alpha value is -2.85. The predicted molar refractivity (Wildman–Crippen MR) is 96.3 cm³/mol. The Morgan fingerprint density at radius 3 is 2.84 bits per heavy atom. The van der Waals surface area contributed by atoms with Gasteiger partial charge in [-0.25, -0.2) is 4.39 Å². The lowest BCUT2D eigenvalue weighted by Crippen LogP contribution is -2.07. The van der Waals surface area contributed by atoms with E-state index in [9.17, 15) is 4.39 Å². The Balaban J connectivity index is 1.75. The summed E-state index contributed by atoms with van der Waals surface area (Å²) >= 11 is 6.37. The minimum Gasteiger partial charge on any atom is -0.451 e. The molecule has 5 heteroatoms. The van der Waals surface area contributed by atoms with Crippen molar-refractivity contribution >= 4 is 28.3 Å². The number of fused-ring (bicyclic) bond motifs is 4. The quantitative estimate of drug-likeness (QED) is 0.454. The lowest BCUT2D eigenvalue weighted by atomic mass is 10.1. The maximum atomic E-state index is 14.0. The van der Waals surface area contributed by atoms with E-state index in [1.807, 2.05) is 53.2 Å². The summed E-state index contributed by atoms with van der Waals surface area (Å²) in [6.07, 6.45) is 1.97. The lowest BCUT2D eigenvalue weighted by molar-refractivity contribution is 0.554. The van der Waals surface area contributed by atoms with Crippen molar-refractivity contribution in [3.05, 3.63) is 88.7 Å². The average Bonchev–Trinajstić information content (AvgIpc) is 3.22. The highest BCUT2D eigenvalue weighted by Gasteiger charge is 2.22. The van der Waals surface area contributed by atoms with E-state index in [0.717, 1.165) is 22.3 Å². The average molecular weight is 351 g/mol. The maximum Gasteiger partial charge on any atom is 0.170 e. The van der Waals surface area contributed by atoms with Gasteiger partial charge in [-0.05, 0) is 36.4 Å². The van der Waals surface area contributed by atoms with Gasteiger partial charge in [-0.3, -0.25) is 4.99 Å². The summed E-state index contributed by atoms with van der Waals surface area (Å²) in [7, 11) is 0. The minimum absolute atomic E-state index is 0.248. The van der Waals surface area contributed by atoms with Crippen molar-refractivity contribution < 1.29 is 8.81 Å². The summed E-state index contributed by atoms with van der Waals surface area (Å²) in [5, 5.41) is 1.40. The highest BCUT2D eigenvalue weighted by atomic mass is 35.5. The van der Waals surface area contributed by atoms with E-state index in [2.05, 4.69) is 0 Å². The fourth-order valence-electron chi connectivity index (χ4n) is 3.30. The largest absolute Gasteiger partial charge is 0.451 e. The molecule has 0 bridgehead atoms. The van der Waals surface area contributed by atoms with Crippen LogP contribution in [0.15, 0.2) is 70.2 Å². The minimum atomic E-state index is -0.375. The standard InChI is InChI=1S/C20H12ClFN2O/c21-14-5-2-7-16-13(14)11-23-19(17-8-3-9-24(16)17)18-10-12-4-1-6-15(22)20(12)25-18/h1-10H,11H2. The van der Waals surface area contributed by atoms with Crippen molar-refractivity contribution in [3.8, 4) is 5.69 Å². The molecule has 0 unspecified atom stereocenters. The van der Waals surface area contributed by atoms with Crippen molar-refractivity contribution in [2.24, 2.45) is 4.99 Å². The highest BCUT2D eigenvalue weighted by Crippen LogP contribution is 2.31. The lowest BCUT2D eigenvalue weighted by Gasteiger charge is -2.10. The van der Waals surface area contributed by atoms with E-state index < -0.39 is 0 Å². The zero-order valence-electron chi connectivity index (χ0n) is 13.0. The van der Waals surface area contributed by atoms with E-state index in [1.165, 1.54) is 6.07 Å². The molecule has 1 aliphatic rings. The summed E-state index contributed by atoms with van der Waals surface area (Å²) in [5.74, 6) is 0.170. The van der Waals surface area contributed by atoms with Gasteiger partial charge in [-0.1, -0.05) is 29.8 Å². The fraction of sp³-hybridized carbons (Fsp3) is 0.0500. The second kappa shape index (κ2) is 5.33. The van der Waals surface area contributed by atoms with Crippen LogP contribution in [-0.2, 0) is 6.54 Å². The fourth-order valence-corrected chi connectivity index (χ4v) is 3.53. The Kier molecular flexibility index (Phi) is 3.09. The molecule has 0 saturated heterocycles. The van der Waals surface area contributed by atoms with Gasteiger partial charge >= 0.3 is 0 Å². The third kappa shape index (κ3) is 2.14. The Morgan fingerprint density at radius 1 is 1.08 bits per heavy atom. The van der Waals surface area contributed by atoms with Crippen LogP contribution in [0.3, 0.4) is 0 Å². The van der Waals surface area contributed by atoms with Gasteiger partial charge in [0.2, 0.25) is 0 Å². The van der Waals surface area contributed by atoms with E-state index in [0.29, 0.717) is 23.0 Å². The molecule has 0 aliphatic carbocycles. The number of aliphatic imine (C=N–C) groups is 1. The molecule has 0 saturated carbocycles. The molecule has 3 nitrogen and oxygen atoms in total. The number of halogens is 2. The van der Waals surface area contributed by atoms with Crippen LogP contribution in [0.5, 0.6) is 0 Å². The summed E-state index contributed by atoms with van der Waals surface area (Å²) in [6.45, 7) is 0.436. The first-order valence-corrected chi connectivity index (χ1v) is 8.28. The molecule has 0 spiro atoms. The molecule has 122 valence electrons. The first-order valence-electron chi connectivity index (χ1n) is 7.91. The highest BCUT2D eigenvalue weighted by molar-refractivity contribution is 6.31. The molecule has 3 heterocycles. The van der Waals surface area contributed by atoms with E-state index >= 15 is 0 Å². The number of furan rings is 1. The van der Waals surface area contributed by atoms with Crippen molar-refractivity contribution in [2.75, 3.05) is 0 Å². The molecule has 0 N–H and O–H groups in total. The van der Waals surface area contributed by atoms with Crippen LogP contribution in [0.4, 0.5) is 4.39 Å². The smallest absolute Gasteiger partial charge is 0.170 e. The third-order valence-corrected chi connectivity index (χ3v) is 4.82. The second-order valence-corrected chi connectivity index (χ2v) is 6.34. The van der Waals surface area contributed by atoms with Crippen LogP contribution in [0, 0.1) is 5.82 Å². The van der Waals surface area contributed by atoms with Crippen LogP contribution in [0.2, 0.25) is 5.02 Å². The monoisotopic (exact) mass is 350 g/mol. The molecule has 0 amide bonds. The maximum absolute atomic E-state index is 14.0. The molecular formula is C20H12ClFN2O. The summed E-state index contributed by atoms with van der Waals surface area (Å²) in [4.78, 5) is 4.73. The zero-order valence-corrected chi connectivity index (χ0v) is 13.8. The van der Waals surface area contributed by atoms with E-state index in [-0.39, 0.29) is 11.4 Å². The van der Waals surface area contributed by atoms with Gasteiger partial charge in [0, 0.05) is 22.2 Å². The Labute approximate surface area is 148 Å². The van der Waals surface area contributed by atoms with Gasteiger partial charge < -0.3 is 8.98 Å². The second-order valence-electron chi connectivity index (χ2n) is 5.93. The van der Waals surface area contributed by atoms with Crippen molar-refractivity contribution in [2.45, 2.75) is 6.54 Å². The van der Waals surface area contributed by atoms with Gasteiger partial charge in [0.05, 0.1) is 17.9 Å². The van der Waals surface area contributed by atoms with Crippen molar-refractivity contribution in [1.82, 2.24) is 4.57 Å². The van der Waals surface area contributed by atoms with Crippen LogP contribution < -0.4 is 0 Å². The van der Waals surface area contributed by atoms with Gasteiger partial charge in [-0.15, -0.1) is 0 Å². The Morgan fingerprint density at radius 2 is 1.96 bits per heavy atom. The normalized spacial score (nSPS) is 13.3. The Bertz CT molecular complexity index is 1160. The van der Waals surface area contributed by atoms with Crippen LogP contribution in [0.25, 0.3) is 16.7 Å². The van der Waals surface area contributed by atoms with Crippen molar-refractivity contribution in [1.29, 1.82) is 0 Å². The summed E-state index contributed by atoms with van der Waals surface area (Å²) < 4.78 is 21.8. The molecule has 25 heavy (non-hydrogen) atoms. The first kappa shape index (κ1) is 14.5. The van der Waals surface area contributed by atoms with E-state index in [4.69, 9.17) is 21.0 Å². The summed E-state index contributed by atoms with van der Waals surface area (Å²) in [5.41, 5.74) is 3.78. The zero-order chi connectivity index (χ0) is 17.0. The number of hydrogen-bond donors (Lipinski definition) is 0. The first-order chi connectivity index (χ1) is 12.2. The number of benzene rings is 2. The predicted octanol–water partition coefficient (Wildman–Crippen LogP) is 5.37. The molecule has 0 fully saturated rings. The molecule has 1 aliphatic heterocycles. The molecule has 4 aromatic rings. The number of para-hydroxylation sites is 1. The van der Waals surface area contributed by atoms with Crippen LogP contribution in [-0.4, -0.2) is 10.3 Å². The van der Waals surface area contributed by atoms with Gasteiger partial charge in [0.25, 0.3) is 0 Å². The topological polar surface area (TPSA) is 30.4 Å². The molecule has 2 aromatic heterocycles. The van der Waals surface area contributed by atoms with Crippen molar-refractivity contribution in [3.63, 3.8) is 0 Å². The van der Waals surface area contributed by atoms with E-state index in [1.54, 1.807) is 6.07 Å². The number of rotatable bonds is 1. The van der Waals surface area contributed by atoms with Gasteiger partial charge in [0.15, 0.2) is 17.2 Å². The third-order valence-electron chi connectivity index (χ3n) is 4.47. The number of hydrogen-bond acceptors (Lipinski definition) is 2. The number of aromatic nitrogens is 1. The van der Waals surface area contributed by atoms with Crippen LogP contribution >= 0.6 is 11.6 Å². The van der Waals surface area contributed by atoms with Gasteiger partial charge in [0.1, 0.15) is 5.71 Å².